The number of rotatable bonds is 6. The average molecular weight is 288 g/mol. The van der Waals surface area contributed by atoms with Crippen molar-refractivity contribution in [1.29, 1.82) is 0 Å². The number of benzene rings is 1. The monoisotopic (exact) mass is 288 g/mol. The smallest absolute Gasteiger partial charge is 0.258 e. The Hall–Kier alpha value is -2.76. The van der Waals surface area contributed by atoms with Crippen molar-refractivity contribution >= 4 is 17.4 Å². The molecule has 1 amide bonds. The number of nitrogens with one attached hydrogen (secondary N) is 1. The molecule has 6 heteroatoms. The zero-order valence-electron chi connectivity index (χ0n) is 11.6. The Morgan fingerprint density at radius 1 is 1.33 bits per heavy atom. The summed E-state index contributed by atoms with van der Waals surface area (Å²) in [6, 6.07) is 8.22. The number of ketones is 1. The standard InChI is InChI=1S/C15H16N2O4/c1-10(18)11-4-5-14(13(16)7-11)21-9-15(19)17-8-12-3-2-6-20-12/h2-7H,8-9,16H2,1H3,(H,17,19). The zero-order valence-corrected chi connectivity index (χ0v) is 11.6. The highest BCUT2D eigenvalue weighted by Crippen LogP contribution is 2.22. The van der Waals surface area contributed by atoms with Gasteiger partial charge in [0.2, 0.25) is 0 Å². The van der Waals surface area contributed by atoms with E-state index in [0.29, 0.717) is 29.3 Å². The molecule has 0 aliphatic heterocycles. The number of carbonyl (C=O) groups excluding carboxylic acids is 2. The highest BCUT2D eigenvalue weighted by Gasteiger charge is 2.08. The Balaban J connectivity index is 1.85. The first kappa shape index (κ1) is 14.6. The zero-order chi connectivity index (χ0) is 15.2. The Bertz CT molecular complexity index is 635. The fourth-order valence-corrected chi connectivity index (χ4v) is 1.69. The van der Waals surface area contributed by atoms with Crippen LogP contribution >= 0.6 is 0 Å². The summed E-state index contributed by atoms with van der Waals surface area (Å²) >= 11 is 0. The van der Waals surface area contributed by atoms with E-state index in [-0.39, 0.29) is 18.3 Å². The average Bonchev–Trinajstić information content (AvgIpc) is 2.97. The number of furan rings is 1. The number of amides is 1. The lowest BCUT2D eigenvalue weighted by molar-refractivity contribution is -0.123. The van der Waals surface area contributed by atoms with Gasteiger partial charge in [0.15, 0.2) is 12.4 Å². The third-order valence-electron chi connectivity index (χ3n) is 2.81. The molecule has 3 N–H and O–H groups in total. The normalized spacial score (nSPS) is 10.1. The molecule has 0 aliphatic carbocycles. The Morgan fingerprint density at radius 3 is 2.76 bits per heavy atom. The van der Waals surface area contributed by atoms with Gasteiger partial charge in [0.25, 0.3) is 5.91 Å². The topological polar surface area (TPSA) is 94.6 Å². The molecule has 1 aromatic carbocycles. The van der Waals surface area contributed by atoms with Crippen LogP contribution < -0.4 is 15.8 Å². The van der Waals surface area contributed by atoms with E-state index in [1.165, 1.54) is 19.3 Å². The van der Waals surface area contributed by atoms with E-state index in [4.69, 9.17) is 14.9 Å². The van der Waals surface area contributed by atoms with Crippen LogP contribution in [0.4, 0.5) is 5.69 Å². The molecule has 0 atom stereocenters. The van der Waals surface area contributed by atoms with Crippen molar-refractivity contribution in [3.63, 3.8) is 0 Å². The van der Waals surface area contributed by atoms with Crippen LogP contribution in [0.15, 0.2) is 41.0 Å². The van der Waals surface area contributed by atoms with Crippen LogP contribution in [-0.4, -0.2) is 18.3 Å². The summed E-state index contributed by atoms with van der Waals surface area (Å²) in [5.74, 6) is 0.660. The van der Waals surface area contributed by atoms with Crippen LogP contribution in [-0.2, 0) is 11.3 Å². The van der Waals surface area contributed by atoms with Crippen LogP contribution in [0.5, 0.6) is 5.75 Å². The molecule has 0 fully saturated rings. The number of nitrogens with two attached hydrogens (primary N) is 1. The molecule has 1 aromatic heterocycles. The highest BCUT2D eigenvalue weighted by molar-refractivity contribution is 5.95. The summed E-state index contributed by atoms with van der Waals surface area (Å²) in [5.41, 5.74) is 6.60. The minimum Gasteiger partial charge on any atom is -0.482 e. The molecule has 21 heavy (non-hydrogen) atoms. The number of hydrogen-bond donors (Lipinski definition) is 2. The van der Waals surface area contributed by atoms with Gasteiger partial charge >= 0.3 is 0 Å². The first-order valence-electron chi connectivity index (χ1n) is 6.38. The van der Waals surface area contributed by atoms with Crippen LogP contribution in [0.25, 0.3) is 0 Å². The second-order valence-electron chi connectivity index (χ2n) is 4.45. The van der Waals surface area contributed by atoms with E-state index in [1.54, 1.807) is 24.3 Å². The van der Waals surface area contributed by atoms with Crippen molar-refractivity contribution in [1.82, 2.24) is 5.32 Å². The van der Waals surface area contributed by atoms with Crippen LogP contribution in [0.2, 0.25) is 0 Å². The van der Waals surface area contributed by atoms with Crippen molar-refractivity contribution in [3.8, 4) is 5.75 Å². The van der Waals surface area contributed by atoms with Crippen molar-refractivity contribution in [2.75, 3.05) is 12.3 Å². The minimum atomic E-state index is -0.290. The highest BCUT2D eigenvalue weighted by atomic mass is 16.5. The molecule has 110 valence electrons. The number of Topliss-reactive ketones (excluding diaryl/α,β-unsaturated/α-hetero) is 1. The van der Waals surface area contributed by atoms with Crippen LogP contribution in [0.3, 0.4) is 0 Å². The molecule has 2 aromatic rings. The van der Waals surface area contributed by atoms with Gasteiger partial charge in [-0.3, -0.25) is 9.59 Å². The predicted octanol–water partition coefficient (Wildman–Crippen LogP) is 1.76. The van der Waals surface area contributed by atoms with Gasteiger partial charge in [-0.15, -0.1) is 0 Å². The molecule has 0 saturated heterocycles. The van der Waals surface area contributed by atoms with E-state index in [1.807, 2.05) is 0 Å². The first-order valence-corrected chi connectivity index (χ1v) is 6.38. The van der Waals surface area contributed by atoms with Crippen molar-refractivity contribution < 1.29 is 18.7 Å². The lowest BCUT2D eigenvalue weighted by Crippen LogP contribution is -2.28. The van der Waals surface area contributed by atoms with Crippen molar-refractivity contribution in [2.45, 2.75) is 13.5 Å². The maximum atomic E-state index is 11.6. The first-order chi connectivity index (χ1) is 10.1. The van der Waals surface area contributed by atoms with Gasteiger partial charge < -0.3 is 20.2 Å². The van der Waals surface area contributed by atoms with Gasteiger partial charge in [-0.1, -0.05) is 0 Å². The lowest BCUT2D eigenvalue weighted by Gasteiger charge is -2.09. The second-order valence-corrected chi connectivity index (χ2v) is 4.45. The van der Waals surface area contributed by atoms with Gasteiger partial charge in [0.05, 0.1) is 18.5 Å². The summed E-state index contributed by atoms with van der Waals surface area (Å²) in [6.07, 6.45) is 1.54. The molecule has 1 heterocycles. The fourth-order valence-electron chi connectivity index (χ4n) is 1.69. The molecular weight excluding hydrogens is 272 g/mol. The van der Waals surface area contributed by atoms with Crippen molar-refractivity contribution in [3.05, 3.63) is 47.9 Å². The van der Waals surface area contributed by atoms with Gasteiger partial charge in [0.1, 0.15) is 11.5 Å². The molecule has 0 spiro atoms. The Labute approximate surface area is 121 Å². The van der Waals surface area contributed by atoms with Crippen LogP contribution in [0, 0.1) is 0 Å². The Morgan fingerprint density at radius 2 is 2.14 bits per heavy atom. The summed E-state index contributed by atoms with van der Waals surface area (Å²) in [6.45, 7) is 1.59. The molecule has 0 unspecified atom stereocenters. The quantitative estimate of drug-likeness (QED) is 0.624. The van der Waals surface area contributed by atoms with Crippen LogP contribution in [0.1, 0.15) is 23.0 Å². The van der Waals surface area contributed by atoms with E-state index >= 15 is 0 Å². The summed E-state index contributed by atoms with van der Waals surface area (Å²) in [5, 5.41) is 2.65. The summed E-state index contributed by atoms with van der Waals surface area (Å²) < 4.78 is 10.4. The molecule has 0 radical (unpaired) electrons. The van der Waals surface area contributed by atoms with E-state index in [2.05, 4.69) is 5.32 Å². The molecule has 0 saturated carbocycles. The third kappa shape index (κ3) is 4.10. The lowest BCUT2D eigenvalue weighted by atomic mass is 10.1. The number of nitrogen functional groups attached to an aromatic ring is 1. The number of hydrogen-bond acceptors (Lipinski definition) is 5. The van der Waals surface area contributed by atoms with Gasteiger partial charge in [-0.25, -0.2) is 0 Å². The molecule has 6 nitrogen and oxygen atoms in total. The SMILES string of the molecule is CC(=O)c1ccc(OCC(=O)NCc2ccco2)c(N)c1. The third-order valence-corrected chi connectivity index (χ3v) is 2.81. The molecular formula is C15H16N2O4. The van der Waals surface area contributed by atoms with Crippen molar-refractivity contribution in [2.24, 2.45) is 0 Å². The largest absolute Gasteiger partial charge is 0.482 e. The van der Waals surface area contributed by atoms with Gasteiger partial charge in [0, 0.05) is 5.56 Å². The molecule has 2 rings (SSSR count). The summed E-state index contributed by atoms with van der Waals surface area (Å²) in [4.78, 5) is 22.8. The van der Waals surface area contributed by atoms with Gasteiger partial charge in [-0.2, -0.15) is 0 Å². The number of anilines is 1. The summed E-state index contributed by atoms with van der Waals surface area (Å²) in [7, 11) is 0. The number of carbonyl (C=O) groups is 2. The number of ether oxygens (including phenoxy) is 1. The van der Waals surface area contributed by atoms with E-state index in [0.717, 1.165) is 0 Å². The maximum absolute atomic E-state index is 11.6. The maximum Gasteiger partial charge on any atom is 0.258 e. The minimum absolute atomic E-state index is 0.0792. The molecule has 0 aliphatic rings. The fraction of sp³-hybridized carbons (Fsp3) is 0.200. The Kier molecular flexibility index (Phi) is 4.61. The predicted molar refractivity (Wildman–Crippen MR) is 76.9 cm³/mol. The molecule has 0 bridgehead atoms. The van der Waals surface area contributed by atoms with E-state index in [9.17, 15) is 9.59 Å². The van der Waals surface area contributed by atoms with Gasteiger partial charge in [-0.05, 0) is 37.3 Å². The van der Waals surface area contributed by atoms with E-state index < -0.39 is 0 Å². The second kappa shape index (κ2) is 6.60.